The second-order valence-corrected chi connectivity index (χ2v) is 7.45. The zero-order valence-corrected chi connectivity index (χ0v) is 17.3. The first-order chi connectivity index (χ1) is 13.5. The van der Waals surface area contributed by atoms with Crippen molar-refractivity contribution < 1.29 is 14.3 Å². The summed E-state index contributed by atoms with van der Waals surface area (Å²) in [7, 11) is 3.30. The second-order valence-electron chi connectivity index (χ2n) is 7.05. The molecule has 150 valence electrons. The lowest BCUT2D eigenvalue weighted by Crippen LogP contribution is -2.38. The van der Waals surface area contributed by atoms with E-state index in [2.05, 4.69) is 10.2 Å². The number of carbonyl (C=O) groups is 1. The average Bonchev–Trinajstić information content (AvgIpc) is 3.15. The highest BCUT2D eigenvalue weighted by Crippen LogP contribution is 2.38. The number of nitrogens with one attached hydrogen (secondary N) is 1. The number of halogens is 1. The molecule has 0 unspecified atom stereocenters. The highest BCUT2D eigenvalue weighted by Gasteiger charge is 2.30. The third-order valence-corrected chi connectivity index (χ3v) is 5.60. The van der Waals surface area contributed by atoms with Gasteiger partial charge in [0.1, 0.15) is 11.5 Å². The van der Waals surface area contributed by atoms with Crippen molar-refractivity contribution in [3.05, 3.63) is 58.6 Å². The SMILES string of the molecule is COc1ccc([C@@H]2CCCN2CC(=O)N[C@H](C)c2ccccc2Cl)c(OC)c1. The fourth-order valence-electron chi connectivity index (χ4n) is 3.84. The monoisotopic (exact) mass is 402 g/mol. The molecule has 1 fully saturated rings. The molecule has 1 N–H and O–H groups in total. The van der Waals surface area contributed by atoms with E-state index in [0.717, 1.165) is 42.0 Å². The van der Waals surface area contributed by atoms with Crippen molar-refractivity contribution in [1.29, 1.82) is 0 Å². The normalized spacial score (nSPS) is 17.9. The van der Waals surface area contributed by atoms with Crippen LogP contribution in [0.4, 0.5) is 0 Å². The largest absolute Gasteiger partial charge is 0.497 e. The van der Waals surface area contributed by atoms with Gasteiger partial charge in [-0.1, -0.05) is 35.9 Å². The highest BCUT2D eigenvalue weighted by molar-refractivity contribution is 6.31. The topological polar surface area (TPSA) is 50.8 Å². The van der Waals surface area contributed by atoms with Crippen molar-refractivity contribution in [2.75, 3.05) is 27.3 Å². The number of methoxy groups -OCH3 is 2. The lowest BCUT2D eigenvalue weighted by molar-refractivity contribution is -0.123. The van der Waals surface area contributed by atoms with Crippen LogP contribution in [0.15, 0.2) is 42.5 Å². The maximum Gasteiger partial charge on any atom is 0.234 e. The van der Waals surface area contributed by atoms with Crippen molar-refractivity contribution in [3.8, 4) is 11.5 Å². The number of hydrogen-bond donors (Lipinski definition) is 1. The lowest BCUT2D eigenvalue weighted by atomic mass is 10.0. The summed E-state index contributed by atoms with van der Waals surface area (Å²) in [5.74, 6) is 1.55. The van der Waals surface area contributed by atoms with Crippen LogP contribution in [0.3, 0.4) is 0 Å². The maximum absolute atomic E-state index is 12.7. The van der Waals surface area contributed by atoms with E-state index < -0.39 is 0 Å². The molecule has 1 amide bonds. The molecule has 3 rings (SSSR count). The van der Waals surface area contributed by atoms with Crippen LogP contribution in [0.1, 0.15) is 43.0 Å². The lowest BCUT2D eigenvalue weighted by Gasteiger charge is -2.26. The van der Waals surface area contributed by atoms with E-state index in [-0.39, 0.29) is 18.0 Å². The molecule has 0 saturated carbocycles. The number of carbonyl (C=O) groups excluding carboxylic acids is 1. The molecule has 1 aliphatic rings. The van der Waals surface area contributed by atoms with Crippen LogP contribution in [0.25, 0.3) is 0 Å². The van der Waals surface area contributed by atoms with Crippen LogP contribution in [-0.4, -0.2) is 38.1 Å². The standard InChI is InChI=1S/C22H27ClN2O3/c1-15(17-7-4-5-8-19(17)23)24-22(26)14-25-12-6-9-20(25)18-11-10-16(27-2)13-21(18)28-3/h4-5,7-8,10-11,13,15,20H,6,9,12,14H2,1-3H3,(H,24,26)/t15-,20+/m1/s1. The van der Waals surface area contributed by atoms with Gasteiger partial charge in [-0.3, -0.25) is 9.69 Å². The van der Waals surface area contributed by atoms with Crippen LogP contribution < -0.4 is 14.8 Å². The summed E-state index contributed by atoms with van der Waals surface area (Å²) in [4.78, 5) is 14.9. The number of nitrogens with zero attached hydrogens (tertiary/aromatic N) is 1. The molecule has 1 heterocycles. The van der Waals surface area contributed by atoms with Crippen molar-refractivity contribution in [2.45, 2.75) is 31.8 Å². The molecular formula is C22H27ClN2O3. The highest BCUT2D eigenvalue weighted by atomic mass is 35.5. The van der Waals surface area contributed by atoms with E-state index in [1.807, 2.05) is 49.4 Å². The summed E-state index contributed by atoms with van der Waals surface area (Å²) in [5, 5.41) is 3.73. The molecule has 0 aliphatic carbocycles. The Kier molecular flexibility index (Phi) is 6.81. The van der Waals surface area contributed by atoms with Crippen LogP contribution in [-0.2, 0) is 4.79 Å². The van der Waals surface area contributed by atoms with E-state index in [4.69, 9.17) is 21.1 Å². The van der Waals surface area contributed by atoms with Gasteiger partial charge in [0.05, 0.1) is 26.8 Å². The van der Waals surface area contributed by atoms with Gasteiger partial charge < -0.3 is 14.8 Å². The quantitative estimate of drug-likeness (QED) is 0.747. The Morgan fingerprint density at radius 1 is 1.25 bits per heavy atom. The molecule has 0 radical (unpaired) electrons. The fraction of sp³-hybridized carbons (Fsp3) is 0.409. The average molecular weight is 403 g/mol. The predicted octanol–water partition coefficient (Wildman–Crippen LogP) is 4.37. The minimum atomic E-state index is -0.141. The molecule has 6 heteroatoms. The van der Waals surface area contributed by atoms with Crippen molar-refractivity contribution in [1.82, 2.24) is 10.2 Å². The van der Waals surface area contributed by atoms with E-state index in [1.165, 1.54) is 0 Å². The molecule has 5 nitrogen and oxygen atoms in total. The summed E-state index contributed by atoms with van der Waals surface area (Å²) in [6.45, 7) is 3.18. The van der Waals surface area contributed by atoms with Gasteiger partial charge in [0, 0.05) is 22.7 Å². The van der Waals surface area contributed by atoms with Crippen molar-refractivity contribution in [2.24, 2.45) is 0 Å². The van der Waals surface area contributed by atoms with Crippen LogP contribution in [0.5, 0.6) is 11.5 Å². The molecule has 0 bridgehead atoms. The summed E-state index contributed by atoms with van der Waals surface area (Å²) >= 11 is 6.25. The van der Waals surface area contributed by atoms with Crippen molar-refractivity contribution in [3.63, 3.8) is 0 Å². The second kappa shape index (κ2) is 9.30. The molecule has 0 aromatic heterocycles. The predicted molar refractivity (Wildman–Crippen MR) is 111 cm³/mol. The number of hydrogen-bond acceptors (Lipinski definition) is 4. The molecule has 1 aliphatic heterocycles. The number of benzene rings is 2. The van der Waals surface area contributed by atoms with Gasteiger partial charge in [-0.15, -0.1) is 0 Å². The number of rotatable bonds is 7. The van der Waals surface area contributed by atoms with Crippen LogP contribution in [0.2, 0.25) is 5.02 Å². The molecule has 2 atom stereocenters. The van der Waals surface area contributed by atoms with Crippen LogP contribution in [0, 0.1) is 0 Å². The Morgan fingerprint density at radius 2 is 2.04 bits per heavy atom. The minimum Gasteiger partial charge on any atom is -0.497 e. The van der Waals surface area contributed by atoms with Gasteiger partial charge in [0.25, 0.3) is 0 Å². The molecule has 2 aromatic rings. The first-order valence-corrected chi connectivity index (χ1v) is 9.91. The Labute approximate surface area is 171 Å². The molecule has 0 spiro atoms. The summed E-state index contributed by atoms with van der Waals surface area (Å²) < 4.78 is 10.9. The van der Waals surface area contributed by atoms with E-state index >= 15 is 0 Å². The maximum atomic E-state index is 12.7. The number of amides is 1. The van der Waals surface area contributed by atoms with Gasteiger partial charge in [0.15, 0.2) is 0 Å². The zero-order valence-electron chi connectivity index (χ0n) is 16.6. The van der Waals surface area contributed by atoms with Gasteiger partial charge in [-0.05, 0) is 44.0 Å². The Hall–Kier alpha value is -2.24. The van der Waals surface area contributed by atoms with Gasteiger partial charge in [-0.2, -0.15) is 0 Å². The first kappa shape index (κ1) is 20.5. The Balaban J connectivity index is 1.68. The van der Waals surface area contributed by atoms with E-state index in [1.54, 1.807) is 14.2 Å². The number of ether oxygens (including phenoxy) is 2. The summed E-state index contributed by atoms with van der Waals surface area (Å²) in [6, 6.07) is 13.5. The Bertz CT molecular complexity index is 827. The van der Waals surface area contributed by atoms with Crippen molar-refractivity contribution >= 4 is 17.5 Å². The Morgan fingerprint density at radius 3 is 2.75 bits per heavy atom. The van der Waals surface area contributed by atoms with Gasteiger partial charge in [-0.25, -0.2) is 0 Å². The third kappa shape index (κ3) is 4.59. The molecule has 28 heavy (non-hydrogen) atoms. The third-order valence-electron chi connectivity index (χ3n) is 5.26. The first-order valence-electron chi connectivity index (χ1n) is 9.53. The van der Waals surface area contributed by atoms with Gasteiger partial charge >= 0.3 is 0 Å². The van der Waals surface area contributed by atoms with Gasteiger partial charge in [0.2, 0.25) is 5.91 Å². The molecular weight excluding hydrogens is 376 g/mol. The van der Waals surface area contributed by atoms with E-state index in [0.29, 0.717) is 11.6 Å². The van der Waals surface area contributed by atoms with E-state index in [9.17, 15) is 4.79 Å². The smallest absolute Gasteiger partial charge is 0.234 e. The summed E-state index contributed by atoms with van der Waals surface area (Å²) in [5.41, 5.74) is 2.01. The fourth-order valence-corrected chi connectivity index (χ4v) is 4.14. The van der Waals surface area contributed by atoms with Crippen LogP contribution >= 0.6 is 11.6 Å². The molecule has 2 aromatic carbocycles. The minimum absolute atomic E-state index is 0.00759. The zero-order chi connectivity index (χ0) is 20.1. The molecule has 1 saturated heterocycles. The summed E-state index contributed by atoms with van der Waals surface area (Å²) in [6.07, 6.45) is 2.04. The number of likely N-dealkylation sites (tertiary alicyclic amines) is 1.